The number of anilines is 1. The predicted octanol–water partition coefficient (Wildman–Crippen LogP) is 4.27. The highest BCUT2D eigenvalue weighted by Crippen LogP contribution is 2.40. The molecule has 0 saturated carbocycles. The normalized spacial score (nSPS) is 16.8. The first-order valence-corrected chi connectivity index (χ1v) is 7.48. The lowest BCUT2D eigenvalue weighted by molar-refractivity contribution is -0.123. The average molecular weight is 344 g/mol. The maximum Gasteiger partial charge on any atom is 0.257 e. The third kappa shape index (κ3) is 2.74. The van der Waals surface area contributed by atoms with Gasteiger partial charge in [0.25, 0.3) is 5.91 Å². The van der Waals surface area contributed by atoms with E-state index < -0.39 is 17.8 Å². The molecule has 1 aliphatic rings. The first-order chi connectivity index (χ1) is 9.95. The van der Waals surface area contributed by atoms with E-state index in [0.29, 0.717) is 20.6 Å². The molecule has 1 heterocycles. The van der Waals surface area contributed by atoms with Gasteiger partial charge in [0.15, 0.2) is 6.10 Å². The minimum Gasteiger partial charge on any atom is -0.378 e. The van der Waals surface area contributed by atoms with E-state index in [4.69, 9.17) is 23.2 Å². The lowest BCUT2D eigenvalue weighted by Gasteiger charge is -2.08. The summed E-state index contributed by atoms with van der Waals surface area (Å²) in [6.07, 6.45) is -1.33. The van der Waals surface area contributed by atoms with E-state index in [1.807, 2.05) is 0 Å². The van der Waals surface area contributed by atoms with Crippen LogP contribution in [-0.2, 0) is 4.79 Å². The standard InChI is InChI=1S/C14H8Cl2FNO2S/c15-6-1-2-8(16)11(3-6)21-12-5-10-7(4-9(12)17)13(19)14(20)18-10/h1-5,13,19H,(H,18,20). The number of amides is 1. The molecule has 0 bridgehead atoms. The summed E-state index contributed by atoms with van der Waals surface area (Å²) in [5, 5.41) is 13.1. The second kappa shape index (κ2) is 5.50. The molecule has 0 spiro atoms. The van der Waals surface area contributed by atoms with Gasteiger partial charge in [0.2, 0.25) is 0 Å². The van der Waals surface area contributed by atoms with Gasteiger partial charge in [-0.1, -0.05) is 35.0 Å². The van der Waals surface area contributed by atoms with Gasteiger partial charge in [-0.25, -0.2) is 4.39 Å². The van der Waals surface area contributed by atoms with Gasteiger partial charge in [-0.15, -0.1) is 0 Å². The van der Waals surface area contributed by atoms with Gasteiger partial charge in [0.1, 0.15) is 5.82 Å². The van der Waals surface area contributed by atoms with Crippen molar-refractivity contribution < 1.29 is 14.3 Å². The van der Waals surface area contributed by atoms with Crippen LogP contribution in [0, 0.1) is 5.82 Å². The van der Waals surface area contributed by atoms with Gasteiger partial charge < -0.3 is 10.4 Å². The molecule has 0 fully saturated rings. The Hall–Kier alpha value is -1.27. The number of aliphatic hydroxyl groups excluding tert-OH is 1. The molecule has 0 saturated heterocycles. The molecule has 1 atom stereocenters. The molecule has 3 rings (SSSR count). The first kappa shape index (κ1) is 14.7. The lowest BCUT2D eigenvalue weighted by atomic mass is 10.1. The molecule has 1 aliphatic heterocycles. The van der Waals surface area contributed by atoms with Crippen LogP contribution in [0.3, 0.4) is 0 Å². The second-order valence-electron chi connectivity index (χ2n) is 4.44. The van der Waals surface area contributed by atoms with Crippen LogP contribution >= 0.6 is 35.0 Å². The van der Waals surface area contributed by atoms with Gasteiger partial charge in [-0.2, -0.15) is 0 Å². The number of hydrogen-bond donors (Lipinski definition) is 2. The zero-order valence-electron chi connectivity index (χ0n) is 10.4. The summed E-state index contributed by atoms with van der Waals surface area (Å²) in [4.78, 5) is 12.3. The maximum atomic E-state index is 14.1. The zero-order valence-corrected chi connectivity index (χ0v) is 12.7. The smallest absolute Gasteiger partial charge is 0.257 e. The molecule has 0 radical (unpaired) electrons. The number of hydrogen-bond acceptors (Lipinski definition) is 3. The van der Waals surface area contributed by atoms with E-state index in [1.165, 1.54) is 6.07 Å². The predicted molar refractivity (Wildman–Crippen MR) is 80.6 cm³/mol. The molecule has 7 heteroatoms. The minimum absolute atomic E-state index is 0.235. The third-order valence-electron chi connectivity index (χ3n) is 3.02. The number of aliphatic hydroxyl groups is 1. The van der Waals surface area contributed by atoms with Crippen LogP contribution in [0.2, 0.25) is 10.0 Å². The fourth-order valence-corrected chi connectivity index (χ4v) is 3.39. The van der Waals surface area contributed by atoms with E-state index in [1.54, 1.807) is 18.2 Å². The van der Waals surface area contributed by atoms with Crippen molar-refractivity contribution >= 4 is 46.6 Å². The molecule has 2 aromatic carbocycles. The maximum absolute atomic E-state index is 14.1. The van der Waals surface area contributed by atoms with Crippen molar-refractivity contribution in [2.24, 2.45) is 0 Å². The SMILES string of the molecule is O=C1Nc2cc(Sc3cc(Cl)ccc3Cl)c(F)cc2C1O. The van der Waals surface area contributed by atoms with E-state index in [9.17, 15) is 14.3 Å². The van der Waals surface area contributed by atoms with Gasteiger partial charge >= 0.3 is 0 Å². The van der Waals surface area contributed by atoms with Gasteiger partial charge in [-0.3, -0.25) is 4.79 Å². The van der Waals surface area contributed by atoms with Gasteiger partial charge in [0.05, 0.1) is 9.92 Å². The summed E-state index contributed by atoms with van der Waals surface area (Å²) in [5.41, 5.74) is 0.633. The highest BCUT2D eigenvalue weighted by Gasteiger charge is 2.30. The molecule has 1 amide bonds. The molecule has 0 aromatic heterocycles. The number of nitrogens with one attached hydrogen (secondary N) is 1. The van der Waals surface area contributed by atoms with Crippen molar-refractivity contribution in [3.63, 3.8) is 0 Å². The number of fused-ring (bicyclic) bond motifs is 1. The Bertz CT molecular complexity index is 754. The molecule has 2 N–H and O–H groups in total. The summed E-state index contributed by atoms with van der Waals surface area (Å²) in [5.74, 6) is -1.10. The van der Waals surface area contributed by atoms with E-state index >= 15 is 0 Å². The van der Waals surface area contributed by atoms with Crippen LogP contribution in [0.25, 0.3) is 0 Å². The van der Waals surface area contributed by atoms with Crippen LogP contribution in [0.4, 0.5) is 10.1 Å². The molecular weight excluding hydrogens is 336 g/mol. The Morgan fingerprint density at radius 1 is 1.19 bits per heavy atom. The van der Waals surface area contributed by atoms with Crippen LogP contribution in [0.15, 0.2) is 40.1 Å². The third-order valence-corrected chi connectivity index (χ3v) is 4.79. The summed E-state index contributed by atoms with van der Waals surface area (Å²) >= 11 is 13.0. The Balaban J connectivity index is 1.99. The van der Waals surface area contributed by atoms with Crippen LogP contribution in [0.5, 0.6) is 0 Å². The molecule has 3 nitrogen and oxygen atoms in total. The number of carbonyl (C=O) groups excluding carboxylic acids is 1. The van der Waals surface area contributed by atoms with Crippen molar-refractivity contribution in [2.75, 3.05) is 5.32 Å². The zero-order chi connectivity index (χ0) is 15.1. The van der Waals surface area contributed by atoms with Crippen molar-refractivity contribution in [1.29, 1.82) is 0 Å². The van der Waals surface area contributed by atoms with E-state index in [-0.39, 0.29) is 10.5 Å². The Morgan fingerprint density at radius 2 is 1.95 bits per heavy atom. The van der Waals surface area contributed by atoms with Gasteiger partial charge in [-0.05, 0) is 30.3 Å². The molecule has 108 valence electrons. The molecule has 1 unspecified atom stereocenters. The summed E-state index contributed by atoms with van der Waals surface area (Å²) in [6, 6.07) is 7.53. The van der Waals surface area contributed by atoms with Crippen LogP contribution in [-0.4, -0.2) is 11.0 Å². The van der Waals surface area contributed by atoms with Crippen LogP contribution < -0.4 is 5.32 Å². The highest BCUT2D eigenvalue weighted by atomic mass is 35.5. The van der Waals surface area contributed by atoms with Crippen LogP contribution in [0.1, 0.15) is 11.7 Å². The summed E-state index contributed by atoms with van der Waals surface area (Å²) < 4.78 is 14.1. The number of benzene rings is 2. The first-order valence-electron chi connectivity index (χ1n) is 5.91. The Morgan fingerprint density at radius 3 is 2.71 bits per heavy atom. The lowest BCUT2D eigenvalue weighted by Crippen LogP contribution is -2.10. The monoisotopic (exact) mass is 343 g/mol. The molecule has 21 heavy (non-hydrogen) atoms. The second-order valence-corrected chi connectivity index (χ2v) is 6.37. The van der Waals surface area contributed by atoms with Crippen molar-refractivity contribution in [3.8, 4) is 0 Å². The number of halogens is 3. The van der Waals surface area contributed by atoms with Crippen molar-refractivity contribution in [1.82, 2.24) is 0 Å². The number of carbonyl (C=O) groups is 1. The fraction of sp³-hybridized carbons (Fsp3) is 0.0714. The topological polar surface area (TPSA) is 49.3 Å². The van der Waals surface area contributed by atoms with Gasteiger partial charge in [0, 0.05) is 21.2 Å². The van der Waals surface area contributed by atoms with Crippen molar-refractivity contribution in [2.45, 2.75) is 15.9 Å². The quantitative estimate of drug-likeness (QED) is 0.855. The minimum atomic E-state index is -1.33. The number of rotatable bonds is 2. The van der Waals surface area contributed by atoms with E-state index in [2.05, 4.69) is 5.32 Å². The highest BCUT2D eigenvalue weighted by molar-refractivity contribution is 7.99. The molecule has 0 aliphatic carbocycles. The van der Waals surface area contributed by atoms with Crippen molar-refractivity contribution in [3.05, 3.63) is 51.8 Å². The Kier molecular flexibility index (Phi) is 3.84. The molecular formula is C14H8Cl2FNO2S. The fourth-order valence-electron chi connectivity index (χ4n) is 2.00. The average Bonchev–Trinajstić information content (AvgIpc) is 2.70. The largest absolute Gasteiger partial charge is 0.378 e. The summed E-state index contributed by atoms with van der Waals surface area (Å²) in [6.45, 7) is 0. The Labute approximate surface area is 134 Å². The summed E-state index contributed by atoms with van der Waals surface area (Å²) in [7, 11) is 0. The molecule has 2 aromatic rings. The van der Waals surface area contributed by atoms with E-state index in [0.717, 1.165) is 17.8 Å².